The Bertz CT molecular complexity index is 1120. The fourth-order valence-electron chi connectivity index (χ4n) is 3.32. The third-order valence-corrected chi connectivity index (χ3v) is 6.74. The second-order valence-corrected chi connectivity index (χ2v) is 9.12. The Morgan fingerprint density at radius 2 is 1.84 bits per heavy atom. The minimum atomic E-state index is 0.000928. The van der Waals surface area contributed by atoms with Crippen molar-refractivity contribution in [2.75, 3.05) is 12.3 Å². The van der Waals surface area contributed by atoms with E-state index in [0.717, 1.165) is 23.1 Å². The predicted molar refractivity (Wildman–Crippen MR) is 127 cm³/mol. The van der Waals surface area contributed by atoms with Crippen molar-refractivity contribution in [1.29, 1.82) is 0 Å². The van der Waals surface area contributed by atoms with E-state index in [1.807, 2.05) is 53.1 Å². The van der Waals surface area contributed by atoms with Gasteiger partial charge in [0.15, 0.2) is 5.16 Å². The van der Waals surface area contributed by atoms with Gasteiger partial charge in [0.2, 0.25) is 5.91 Å². The van der Waals surface area contributed by atoms with Gasteiger partial charge < -0.3 is 5.32 Å². The fraction of sp³-hybridized carbons (Fsp3) is 0.208. The Labute approximate surface area is 190 Å². The minimum Gasteiger partial charge on any atom is -0.355 e. The van der Waals surface area contributed by atoms with Crippen LogP contribution in [0.3, 0.4) is 0 Å². The number of hydrogen-bond donors (Lipinski definition) is 1. The summed E-state index contributed by atoms with van der Waals surface area (Å²) < 4.78 is 2.05. The summed E-state index contributed by atoms with van der Waals surface area (Å²) in [4.78, 5) is 13.6. The van der Waals surface area contributed by atoms with Gasteiger partial charge >= 0.3 is 0 Å². The molecule has 1 amide bonds. The summed E-state index contributed by atoms with van der Waals surface area (Å²) in [7, 11) is 0. The smallest absolute Gasteiger partial charge is 0.230 e. The van der Waals surface area contributed by atoms with E-state index >= 15 is 0 Å². The first kappa shape index (κ1) is 21.3. The molecule has 0 saturated heterocycles. The number of para-hydroxylation sites is 1. The highest BCUT2D eigenvalue weighted by Gasteiger charge is 2.16. The van der Waals surface area contributed by atoms with E-state index < -0.39 is 0 Å². The number of rotatable bonds is 9. The van der Waals surface area contributed by atoms with Gasteiger partial charge in [-0.05, 0) is 48.1 Å². The number of thiophene rings is 1. The van der Waals surface area contributed by atoms with Crippen molar-refractivity contribution < 1.29 is 4.79 Å². The molecule has 158 valence electrons. The van der Waals surface area contributed by atoms with E-state index in [9.17, 15) is 4.79 Å². The zero-order chi connectivity index (χ0) is 21.5. The van der Waals surface area contributed by atoms with Crippen LogP contribution < -0.4 is 5.32 Å². The molecule has 0 aliphatic heterocycles. The van der Waals surface area contributed by atoms with Crippen molar-refractivity contribution in [2.45, 2.75) is 24.9 Å². The lowest BCUT2D eigenvalue weighted by Crippen LogP contribution is -2.27. The zero-order valence-corrected chi connectivity index (χ0v) is 19.0. The summed E-state index contributed by atoms with van der Waals surface area (Å²) in [5.74, 6) is 1.18. The Hall–Kier alpha value is -2.90. The summed E-state index contributed by atoms with van der Waals surface area (Å²) in [5.41, 5.74) is 3.51. The molecule has 31 heavy (non-hydrogen) atoms. The average Bonchev–Trinajstić information content (AvgIpc) is 3.44. The molecule has 4 rings (SSSR count). The number of aryl methyl sites for hydroxylation is 1. The summed E-state index contributed by atoms with van der Waals surface area (Å²) in [6, 6.07) is 22.5. The van der Waals surface area contributed by atoms with E-state index in [4.69, 9.17) is 0 Å². The first-order valence-electron chi connectivity index (χ1n) is 10.2. The van der Waals surface area contributed by atoms with Crippen molar-refractivity contribution in [3.63, 3.8) is 0 Å². The first-order valence-corrected chi connectivity index (χ1v) is 12.0. The molecule has 0 aliphatic rings. The largest absolute Gasteiger partial charge is 0.355 e. The van der Waals surface area contributed by atoms with Crippen LogP contribution in [0.5, 0.6) is 0 Å². The van der Waals surface area contributed by atoms with E-state index in [1.165, 1.54) is 27.8 Å². The van der Waals surface area contributed by atoms with Gasteiger partial charge in [-0.15, -0.1) is 21.5 Å². The standard InChI is InChI=1S/C24H24N4OS2/c1-18-8-5-6-9-19(18)13-14-25-23(29)17-31-24-27-26-22(16-21-12-7-15-30-21)28(24)20-10-3-2-4-11-20/h2-12,15H,13-14,16-17H2,1H3,(H,25,29). The predicted octanol–water partition coefficient (Wildman–Crippen LogP) is 4.68. The van der Waals surface area contributed by atoms with Crippen molar-refractivity contribution in [2.24, 2.45) is 0 Å². The van der Waals surface area contributed by atoms with Crippen LogP contribution in [0.15, 0.2) is 77.3 Å². The number of carbonyl (C=O) groups excluding carboxylic acids is 1. The molecule has 0 fully saturated rings. The number of nitrogens with one attached hydrogen (secondary N) is 1. The Morgan fingerprint density at radius 3 is 2.61 bits per heavy atom. The van der Waals surface area contributed by atoms with Gasteiger partial charge in [0.05, 0.1) is 5.75 Å². The van der Waals surface area contributed by atoms with Crippen LogP contribution in [0.25, 0.3) is 5.69 Å². The molecule has 5 nitrogen and oxygen atoms in total. The molecule has 2 aromatic heterocycles. The molecular weight excluding hydrogens is 424 g/mol. The molecule has 0 radical (unpaired) electrons. The second kappa shape index (κ2) is 10.4. The van der Waals surface area contributed by atoms with E-state index in [1.54, 1.807) is 11.3 Å². The summed E-state index contributed by atoms with van der Waals surface area (Å²) in [5, 5.41) is 14.6. The molecule has 1 N–H and O–H groups in total. The molecule has 0 atom stereocenters. The number of amides is 1. The first-order chi connectivity index (χ1) is 15.2. The molecule has 7 heteroatoms. The quantitative estimate of drug-likeness (QED) is 0.378. The number of thioether (sulfide) groups is 1. The Kier molecular flexibility index (Phi) is 7.17. The van der Waals surface area contributed by atoms with Gasteiger partial charge in [0.25, 0.3) is 0 Å². The lowest BCUT2D eigenvalue weighted by molar-refractivity contribution is -0.118. The Morgan fingerprint density at radius 1 is 1.03 bits per heavy atom. The van der Waals surface area contributed by atoms with Crippen LogP contribution in [0.4, 0.5) is 0 Å². The maximum Gasteiger partial charge on any atom is 0.230 e. The van der Waals surface area contributed by atoms with Gasteiger partial charge in [0, 0.05) is 23.5 Å². The van der Waals surface area contributed by atoms with E-state index in [-0.39, 0.29) is 5.91 Å². The number of nitrogens with zero attached hydrogens (tertiary/aromatic N) is 3. The zero-order valence-electron chi connectivity index (χ0n) is 17.3. The highest BCUT2D eigenvalue weighted by Crippen LogP contribution is 2.24. The number of benzene rings is 2. The molecule has 0 aliphatic carbocycles. The summed E-state index contributed by atoms with van der Waals surface area (Å²) in [6.45, 7) is 2.72. The average molecular weight is 449 g/mol. The minimum absolute atomic E-state index is 0.000928. The van der Waals surface area contributed by atoms with Gasteiger partial charge in [-0.1, -0.05) is 60.3 Å². The van der Waals surface area contributed by atoms with E-state index in [2.05, 4.69) is 46.0 Å². The number of hydrogen-bond acceptors (Lipinski definition) is 5. The number of aromatic nitrogens is 3. The van der Waals surface area contributed by atoms with Gasteiger partial charge in [-0.25, -0.2) is 0 Å². The molecule has 0 spiro atoms. The van der Waals surface area contributed by atoms with Crippen LogP contribution in [-0.2, 0) is 17.6 Å². The fourth-order valence-corrected chi connectivity index (χ4v) is 4.82. The lowest BCUT2D eigenvalue weighted by Gasteiger charge is -2.10. The van der Waals surface area contributed by atoms with Crippen molar-refractivity contribution in [1.82, 2.24) is 20.1 Å². The van der Waals surface area contributed by atoms with Crippen LogP contribution in [0.1, 0.15) is 21.8 Å². The molecule has 4 aromatic rings. The Balaban J connectivity index is 1.40. The van der Waals surface area contributed by atoms with Crippen LogP contribution >= 0.6 is 23.1 Å². The molecule has 0 bridgehead atoms. The highest BCUT2D eigenvalue weighted by molar-refractivity contribution is 7.99. The molecule has 2 heterocycles. The number of carbonyl (C=O) groups is 1. The molecule has 2 aromatic carbocycles. The van der Waals surface area contributed by atoms with Gasteiger partial charge in [-0.2, -0.15) is 0 Å². The van der Waals surface area contributed by atoms with E-state index in [0.29, 0.717) is 18.7 Å². The third kappa shape index (κ3) is 5.62. The van der Waals surface area contributed by atoms with Gasteiger partial charge in [-0.3, -0.25) is 9.36 Å². The van der Waals surface area contributed by atoms with Crippen molar-refractivity contribution in [3.05, 3.63) is 93.9 Å². The summed E-state index contributed by atoms with van der Waals surface area (Å²) in [6.07, 6.45) is 1.54. The molecular formula is C24H24N4OS2. The van der Waals surface area contributed by atoms with Crippen LogP contribution in [-0.4, -0.2) is 33.0 Å². The van der Waals surface area contributed by atoms with Gasteiger partial charge in [0.1, 0.15) is 5.82 Å². The van der Waals surface area contributed by atoms with Crippen molar-refractivity contribution in [3.8, 4) is 5.69 Å². The third-order valence-electron chi connectivity index (χ3n) is 4.94. The highest BCUT2D eigenvalue weighted by atomic mass is 32.2. The maximum absolute atomic E-state index is 12.4. The van der Waals surface area contributed by atoms with Crippen LogP contribution in [0.2, 0.25) is 0 Å². The maximum atomic E-state index is 12.4. The second-order valence-electron chi connectivity index (χ2n) is 7.14. The normalized spacial score (nSPS) is 10.9. The molecule has 0 unspecified atom stereocenters. The van der Waals surface area contributed by atoms with Crippen molar-refractivity contribution >= 4 is 29.0 Å². The van der Waals surface area contributed by atoms with Crippen LogP contribution in [0, 0.1) is 6.92 Å². The summed E-state index contributed by atoms with van der Waals surface area (Å²) >= 11 is 3.12. The SMILES string of the molecule is Cc1ccccc1CCNC(=O)CSc1nnc(Cc2cccs2)n1-c1ccccc1. The molecule has 0 saturated carbocycles. The topological polar surface area (TPSA) is 59.8 Å². The lowest BCUT2D eigenvalue weighted by atomic mass is 10.1. The monoisotopic (exact) mass is 448 g/mol.